The van der Waals surface area contributed by atoms with Gasteiger partial charge in [0.1, 0.15) is 17.1 Å². The minimum Gasteiger partial charge on any atom is -0.507 e. The third-order valence-corrected chi connectivity index (χ3v) is 8.03. The van der Waals surface area contributed by atoms with Gasteiger partial charge in [-0.1, -0.05) is 20.3 Å². The number of phenols is 1. The van der Waals surface area contributed by atoms with Crippen molar-refractivity contribution in [1.29, 1.82) is 0 Å². The first-order valence-corrected chi connectivity index (χ1v) is 9.91. The molecule has 1 aromatic rings. The third kappa shape index (κ3) is 1.91. The van der Waals surface area contributed by atoms with Gasteiger partial charge in [0, 0.05) is 11.3 Å². The summed E-state index contributed by atoms with van der Waals surface area (Å²) in [7, 11) is 0. The maximum Gasteiger partial charge on any atom is 0.129 e. The Morgan fingerprint density at radius 3 is 2.72 bits per heavy atom. The molecule has 0 unspecified atom stereocenters. The Morgan fingerprint density at radius 1 is 1.12 bits per heavy atom. The summed E-state index contributed by atoms with van der Waals surface area (Å²) in [6.45, 7) is 10.0. The monoisotopic (exact) mass is 342 g/mol. The van der Waals surface area contributed by atoms with Gasteiger partial charge >= 0.3 is 0 Å². The van der Waals surface area contributed by atoms with Crippen LogP contribution >= 0.6 is 0 Å². The average molecular weight is 342 g/mol. The summed E-state index contributed by atoms with van der Waals surface area (Å²) in [6, 6.07) is 3.92. The fraction of sp³-hybridized carbons (Fsp3) is 0.727. The van der Waals surface area contributed by atoms with Crippen molar-refractivity contribution >= 4 is 0 Å². The predicted octanol–water partition coefficient (Wildman–Crippen LogP) is 5.15. The summed E-state index contributed by atoms with van der Waals surface area (Å²) in [5.74, 6) is 2.22. The summed E-state index contributed by atoms with van der Waals surface area (Å²) in [6.07, 6.45) is 6.12. The minimum absolute atomic E-state index is 0.0222. The molecule has 3 fully saturated rings. The highest BCUT2D eigenvalue weighted by atomic mass is 16.5. The predicted molar refractivity (Wildman–Crippen MR) is 96.8 cm³/mol. The molecule has 0 radical (unpaired) electrons. The Bertz CT molecular complexity index is 739. The van der Waals surface area contributed by atoms with E-state index in [1.165, 1.54) is 25.7 Å². The quantitative estimate of drug-likeness (QED) is 0.709. The molecule has 1 N–H and O–H groups in total. The summed E-state index contributed by atoms with van der Waals surface area (Å²) in [4.78, 5) is 0. The van der Waals surface area contributed by atoms with Crippen LogP contribution in [0.4, 0.5) is 0 Å². The van der Waals surface area contributed by atoms with Gasteiger partial charge in [-0.15, -0.1) is 0 Å². The molecule has 2 aliphatic carbocycles. The molecule has 1 saturated heterocycles. The molecule has 0 amide bonds. The van der Waals surface area contributed by atoms with Crippen LogP contribution in [0.15, 0.2) is 12.1 Å². The van der Waals surface area contributed by atoms with E-state index in [2.05, 4.69) is 26.8 Å². The van der Waals surface area contributed by atoms with Crippen LogP contribution in [0.5, 0.6) is 11.5 Å². The zero-order chi connectivity index (χ0) is 17.6. The Labute approximate surface area is 150 Å². The van der Waals surface area contributed by atoms with E-state index in [1.807, 2.05) is 13.0 Å². The van der Waals surface area contributed by atoms with Crippen molar-refractivity contribution in [2.45, 2.75) is 71.5 Å². The van der Waals surface area contributed by atoms with Crippen molar-refractivity contribution in [3.63, 3.8) is 0 Å². The second kappa shape index (κ2) is 4.73. The number of ether oxygens (including phenoxy) is 2. The SMILES string of the molecule is Cc1cc(O)c2c(c1)O[C@@]1(C)CC[C@@H]3C(C)(C)CCC[C@]34CO[C@H]2[C@@H]41. The molecule has 2 saturated carbocycles. The van der Waals surface area contributed by atoms with Gasteiger partial charge in [0.25, 0.3) is 0 Å². The Hall–Kier alpha value is -1.22. The molecule has 4 aliphatic rings. The lowest BCUT2D eigenvalue weighted by Gasteiger charge is -2.61. The lowest BCUT2D eigenvalue weighted by atomic mass is 9.44. The first-order valence-electron chi connectivity index (χ1n) is 9.91. The van der Waals surface area contributed by atoms with E-state index < -0.39 is 0 Å². The molecule has 3 heteroatoms. The molecular formula is C22H30O3. The number of fused-ring (bicyclic) bond motifs is 2. The summed E-state index contributed by atoms with van der Waals surface area (Å²) in [5.41, 5.74) is 2.33. The van der Waals surface area contributed by atoms with E-state index >= 15 is 0 Å². The van der Waals surface area contributed by atoms with E-state index in [0.717, 1.165) is 29.9 Å². The smallest absolute Gasteiger partial charge is 0.129 e. The molecule has 0 aromatic heterocycles. The number of hydrogen-bond acceptors (Lipinski definition) is 3. The number of benzene rings is 1. The second-order valence-corrected chi connectivity index (χ2v) is 9.99. The van der Waals surface area contributed by atoms with Crippen LogP contribution in [-0.2, 0) is 4.74 Å². The molecular weight excluding hydrogens is 312 g/mol. The Morgan fingerprint density at radius 2 is 1.92 bits per heavy atom. The highest BCUT2D eigenvalue weighted by Crippen LogP contribution is 2.71. The molecule has 5 atom stereocenters. The van der Waals surface area contributed by atoms with Gasteiger partial charge in [0.15, 0.2) is 0 Å². The number of phenolic OH excluding ortho intramolecular Hbond substituents is 1. The number of aryl methyl sites for hydroxylation is 1. The molecule has 1 spiro atoms. The van der Waals surface area contributed by atoms with Crippen LogP contribution in [0.3, 0.4) is 0 Å². The first kappa shape index (κ1) is 16.0. The first-order chi connectivity index (χ1) is 11.8. The van der Waals surface area contributed by atoms with Crippen LogP contribution < -0.4 is 4.74 Å². The second-order valence-electron chi connectivity index (χ2n) is 9.99. The van der Waals surface area contributed by atoms with Crippen LogP contribution in [0.25, 0.3) is 0 Å². The topological polar surface area (TPSA) is 38.7 Å². The number of aromatic hydroxyl groups is 1. The standard InChI is InChI=1S/C22H30O3/c1-13-10-14(23)17-15(11-13)25-21(4)9-6-16-20(2,3)7-5-8-22(16)12-24-18(17)19(21)22/h10-11,16,18-19,23H,5-9,12H2,1-4H3/t16-,18-,19-,21+,22+/m1/s1. The molecule has 5 rings (SSSR count). The fourth-order valence-corrected chi connectivity index (χ4v) is 7.20. The summed E-state index contributed by atoms with van der Waals surface area (Å²) >= 11 is 0. The number of rotatable bonds is 0. The third-order valence-electron chi connectivity index (χ3n) is 8.03. The van der Waals surface area contributed by atoms with Crippen LogP contribution in [0.2, 0.25) is 0 Å². The van der Waals surface area contributed by atoms with Crippen LogP contribution in [0.1, 0.15) is 70.1 Å². The fourth-order valence-electron chi connectivity index (χ4n) is 7.20. The van der Waals surface area contributed by atoms with Gasteiger partial charge in [-0.2, -0.15) is 0 Å². The van der Waals surface area contributed by atoms with E-state index in [0.29, 0.717) is 23.0 Å². The molecule has 0 bridgehead atoms. The van der Waals surface area contributed by atoms with Crippen LogP contribution in [0, 0.1) is 29.6 Å². The van der Waals surface area contributed by atoms with Crippen molar-refractivity contribution in [3.8, 4) is 11.5 Å². The molecule has 25 heavy (non-hydrogen) atoms. The van der Waals surface area contributed by atoms with Crippen molar-refractivity contribution in [3.05, 3.63) is 23.3 Å². The van der Waals surface area contributed by atoms with Crippen LogP contribution in [-0.4, -0.2) is 17.3 Å². The molecule has 3 nitrogen and oxygen atoms in total. The van der Waals surface area contributed by atoms with Gasteiger partial charge in [0.05, 0.1) is 18.3 Å². The van der Waals surface area contributed by atoms with Gasteiger partial charge in [-0.25, -0.2) is 0 Å². The lowest BCUT2D eigenvalue weighted by molar-refractivity contribution is -0.156. The van der Waals surface area contributed by atoms with E-state index in [4.69, 9.17) is 9.47 Å². The van der Waals surface area contributed by atoms with Crippen molar-refractivity contribution < 1.29 is 14.6 Å². The zero-order valence-corrected chi connectivity index (χ0v) is 15.9. The summed E-state index contributed by atoms with van der Waals surface area (Å²) < 4.78 is 13.1. The molecule has 1 aromatic carbocycles. The van der Waals surface area contributed by atoms with E-state index in [1.54, 1.807) is 0 Å². The normalized spacial score (nSPS) is 43.6. The average Bonchev–Trinajstić information content (AvgIpc) is 2.86. The van der Waals surface area contributed by atoms with Crippen molar-refractivity contribution in [2.24, 2.45) is 22.7 Å². The molecule has 136 valence electrons. The highest BCUT2D eigenvalue weighted by molar-refractivity contribution is 5.51. The minimum atomic E-state index is -0.182. The molecule has 2 heterocycles. The van der Waals surface area contributed by atoms with Gasteiger partial charge in [-0.05, 0) is 68.6 Å². The van der Waals surface area contributed by atoms with Gasteiger partial charge < -0.3 is 14.6 Å². The Kier molecular flexibility index (Phi) is 3.03. The Balaban J connectivity index is 1.69. The van der Waals surface area contributed by atoms with Crippen molar-refractivity contribution in [1.82, 2.24) is 0 Å². The maximum absolute atomic E-state index is 10.7. The largest absolute Gasteiger partial charge is 0.507 e. The van der Waals surface area contributed by atoms with Gasteiger partial charge in [-0.3, -0.25) is 0 Å². The number of hydrogen-bond donors (Lipinski definition) is 1. The summed E-state index contributed by atoms with van der Waals surface area (Å²) in [5, 5.41) is 10.7. The van der Waals surface area contributed by atoms with Gasteiger partial charge in [0.2, 0.25) is 0 Å². The van der Waals surface area contributed by atoms with E-state index in [-0.39, 0.29) is 17.1 Å². The lowest BCUT2D eigenvalue weighted by Crippen LogP contribution is -2.61. The maximum atomic E-state index is 10.7. The van der Waals surface area contributed by atoms with Crippen molar-refractivity contribution in [2.75, 3.05) is 6.61 Å². The zero-order valence-electron chi connectivity index (χ0n) is 15.9. The highest BCUT2D eigenvalue weighted by Gasteiger charge is 2.69. The van der Waals surface area contributed by atoms with E-state index in [9.17, 15) is 5.11 Å². The molecule has 2 aliphatic heterocycles.